The number of anilines is 1. The van der Waals surface area contributed by atoms with Gasteiger partial charge in [0.1, 0.15) is 5.82 Å². The number of nitrogens with one attached hydrogen (secondary N) is 1. The lowest BCUT2D eigenvalue weighted by Gasteiger charge is -2.06. The van der Waals surface area contributed by atoms with Crippen LogP contribution in [0.5, 0.6) is 0 Å². The fourth-order valence-electron chi connectivity index (χ4n) is 1.15. The normalized spacial score (nSPS) is 10.2. The molecule has 0 saturated carbocycles. The monoisotopic (exact) mass is 230 g/mol. The first-order valence-corrected chi connectivity index (χ1v) is 4.70. The van der Waals surface area contributed by atoms with E-state index in [0.717, 1.165) is 12.1 Å². The molecule has 0 aliphatic heterocycles. The second-order valence-corrected chi connectivity index (χ2v) is 3.19. The average molecular weight is 230 g/mol. The molecule has 0 fully saturated rings. The van der Waals surface area contributed by atoms with Gasteiger partial charge in [0.25, 0.3) is 5.91 Å². The Kier molecular flexibility index (Phi) is 4.19. The van der Waals surface area contributed by atoms with Crippen molar-refractivity contribution in [2.45, 2.75) is 6.42 Å². The molecule has 16 heavy (non-hydrogen) atoms. The van der Waals surface area contributed by atoms with Gasteiger partial charge in [-0.1, -0.05) is 0 Å². The largest absolute Gasteiger partial charge is 0.396 e. The van der Waals surface area contributed by atoms with Gasteiger partial charge in [-0.3, -0.25) is 4.79 Å². The van der Waals surface area contributed by atoms with E-state index in [1.165, 1.54) is 0 Å². The predicted octanol–water partition coefficient (Wildman–Crippen LogP) is 0.659. The number of nitrogen functional groups attached to an aromatic ring is 1. The molecule has 0 bridgehead atoms. The molecular formula is C10H12F2N2O2. The van der Waals surface area contributed by atoms with Gasteiger partial charge in [0.15, 0.2) is 5.82 Å². The highest BCUT2D eigenvalue weighted by molar-refractivity contribution is 5.95. The number of benzene rings is 1. The van der Waals surface area contributed by atoms with Crippen LogP contribution >= 0.6 is 0 Å². The smallest absolute Gasteiger partial charge is 0.254 e. The van der Waals surface area contributed by atoms with Gasteiger partial charge in [0.2, 0.25) is 0 Å². The van der Waals surface area contributed by atoms with E-state index in [1.807, 2.05) is 0 Å². The molecule has 0 aliphatic rings. The third-order valence-electron chi connectivity index (χ3n) is 1.93. The van der Waals surface area contributed by atoms with Crippen LogP contribution in [0.1, 0.15) is 16.8 Å². The zero-order valence-corrected chi connectivity index (χ0v) is 8.46. The predicted molar refractivity (Wildman–Crippen MR) is 54.8 cm³/mol. The molecule has 0 aliphatic carbocycles. The first-order chi connectivity index (χ1) is 7.56. The minimum atomic E-state index is -0.942. The van der Waals surface area contributed by atoms with Crippen LogP contribution in [0, 0.1) is 11.6 Å². The van der Waals surface area contributed by atoms with Crippen molar-refractivity contribution < 1.29 is 18.7 Å². The minimum Gasteiger partial charge on any atom is -0.396 e. The Bertz CT molecular complexity index is 397. The second-order valence-electron chi connectivity index (χ2n) is 3.19. The first-order valence-electron chi connectivity index (χ1n) is 4.70. The Labute approximate surface area is 91.1 Å². The third kappa shape index (κ3) is 2.90. The Hall–Kier alpha value is -1.69. The maximum atomic E-state index is 13.3. The van der Waals surface area contributed by atoms with E-state index >= 15 is 0 Å². The summed E-state index contributed by atoms with van der Waals surface area (Å²) in [7, 11) is 0. The van der Waals surface area contributed by atoms with E-state index < -0.39 is 28.8 Å². The van der Waals surface area contributed by atoms with Crippen LogP contribution in [0.2, 0.25) is 0 Å². The van der Waals surface area contributed by atoms with E-state index in [1.54, 1.807) is 0 Å². The lowest BCUT2D eigenvalue weighted by molar-refractivity contribution is 0.0946. The van der Waals surface area contributed by atoms with Crippen molar-refractivity contribution in [2.75, 3.05) is 18.9 Å². The van der Waals surface area contributed by atoms with Crippen molar-refractivity contribution in [3.8, 4) is 0 Å². The summed E-state index contributed by atoms with van der Waals surface area (Å²) in [4.78, 5) is 11.4. The standard InChI is InChI=1S/C10H12F2N2O2/c11-6-4-7(9(12)8(13)5-6)10(16)14-2-1-3-15/h4-5,15H,1-3,13H2,(H,14,16). The molecule has 88 valence electrons. The van der Waals surface area contributed by atoms with Gasteiger partial charge in [-0.2, -0.15) is 0 Å². The summed E-state index contributed by atoms with van der Waals surface area (Å²) in [6.07, 6.45) is 0.345. The summed E-state index contributed by atoms with van der Waals surface area (Å²) < 4.78 is 26.2. The maximum absolute atomic E-state index is 13.3. The number of carbonyl (C=O) groups excluding carboxylic acids is 1. The number of nitrogens with two attached hydrogens (primary N) is 1. The van der Waals surface area contributed by atoms with Crippen LogP contribution in [-0.4, -0.2) is 24.2 Å². The van der Waals surface area contributed by atoms with Gasteiger partial charge in [-0.15, -0.1) is 0 Å². The Balaban J connectivity index is 2.82. The van der Waals surface area contributed by atoms with E-state index in [2.05, 4.69) is 5.32 Å². The number of aliphatic hydroxyl groups is 1. The first kappa shape index (κ1) is 12.4. The van der Waals surface area contributed by atoms with Crippen LogP contribution < -0.4 is 11.1 Å². The summed E-state index contributed by atoms with van der Waals surface area (Å²) in [5, 5.41) is 10.8. The van der Waals surface area contributed by atoms with Gasteiger partial charge in [0.05, 0.1) is 11.3 Å². The number of hydrogen-bond donors (Lipinski definition) is 3. The van der Waals surface area contributed by atoms with Crippen molar-refractivity contribution >= 4 is 11.6 Å². The Morgan fingerprint density at radius 2 is 2.12 bits per heavy atom. The lowest BCUT2D eigenvalue weighted by atomic mass is 10.1. The lowest BCUT2D eigenvalue weighted by Crippen LogP contribution is -2.26. The molecule has 0 radical (unpaired) electrons. The molecule has 0 spiro atoms. The van der Waals surface area contributed by atoms with Crippen molar-refractivity contribution in [3.63, 3.8) is 0 Å². The molecule has 1 amide bonds. The van der Waals surface area contributed by atoms with E-state index in [-0.39, 0.29) is 13.2 Å². The van der Waals surface area contributed by atoms with Gasteiger partial charge >= 0.3 is 0 Å². The average Bonchev–Trinajstić information content (AvgIpc) is 2.23. The maximum Gasteiger partial charge on any atom is 0.254 e. The van der Waals surface area contributed by atoms with Crippen molar-refractivity contribution in [1.82, 2.24) is 5.32 Å². The third-order valence-corrected chi connectivity index (χ3v) is 1.93. The number of halogens is 2. The molecule has 0 unspecified atom stereocenters. The van der Waals surface area contributed by atoms with E-state index in [9.17, 15) is 13.6 Å². The second kappa shape index (κ2) is 5.41. The topological polar surface area (TPSA) is 75.4 Å². The highest BCUT2D eigenvalue weighted by Gasteiger charge is 2.15. The van der Waals surface area contributed by atoms with Crippen molar-refractivity contribution in [3.05, 3.63) is 29.3 Å². The Morgan fingerprint density at radius 3 is 2.75 bits per heavy atom. The minimum absolute atomic E-state index is 0.0892. The molecular weight excluding hydrogens is 218 g/mol. The van der Waals surface area contributed by atoms with Crippen LogP contribution in [-0.2, 0) is 0 Å². The molecule has 4 N–H and O–H groups in total. The number of aliphatic hydroxyl groups excluding tert-OH is 1. The number of carbonyl (C=O) groups is 1. The van der Waals surface area contributed by atoms with Crippen LogP contribution in [0.3, 0.4) is 0 Å². The molecule has 0 heterocycles. The summed E-state index contributed by atoms with van der Waals surface area (Å²) in [6, 6.07) is 1.58. The summed E-state index contributed by atoms with van der Waals surface area (Å²) in [5.74, 6) is -2.47. The molecule has 0 aromatic heterocycles. The number of amides is 1. The van der Waals surface area contributed by atoms with Gasteiger partial charge in [-0.05, 0) is 18.6 Å². The summed E-state index contributed by atoms with van der Waals surface area (Å²) in [6.45, 7) is 0.0965. The number of rotatable bonds is 4. The zero-order chi connectivity index (χ0) is 12.1. The van der Waals surface area contributed by atoms with E-state index in [4.69, 9.17) is 10.8 Å². The SMILES string of the molecule is Nc1cc(F)cc(C(=O)NCCCO)c1F. The van der Waals surface area contributed by atoms with Crippen LogP contribution in [0.4, 0.5) is 14.5 Å². The molecule has 1 rings (SSSR count). The molecule has 1 aromatic rings. The molecule has 1 aromatic carbocycles. The Morgan fingerprint density at radius 1 is 1.44 bits per heavy atom. The van der Waals surface area contributed by atoms with Crippen molar-refractivity contribution in [2.24, 2.45) is 0 Å². The molecule has 0 saturated heterocycles. The quantitative estimate of drug-likeness (QED) is 0.525. The molecule has 4 nitrogen and oxygen atoms in total. The van der Waals surface area contributed by atoms with Crippen LogP contribution in [0.25, 0.3) is 0 Å². The highest BCUT2D eigenvalue weighted by atomic mass is 19.1. The summed E-state index contributed by atoms with van der Waals surface area (Å²) in [5.41, 5.74) is 4.33. The van der Waals surface area contributed by atoms with E-state index in [0.29, 0.717) is 6.42 Å². The van der Waals surface area contributed by atoms with Gasteiger partial charge in [0, 0.05) is 13.2 Å². The fraction of sp³-hybridized carbons (Fsp3) is 0.300. The highest BCUT2D eigenvalue weighted by Crippen LogP contribution is 2.17. The van der Waals surface area contributed by atoms with Gasteiger partial charge in [-0.25, -0.2) is 8.78 Å². The van der Waals surface area contributed by atoms with Gasteiger partial charge < -0.3 is 16.2 Å². The zero-order valence-electron chi connectivity index (χ0n) is 8.46. The van der Waals surface area contributed by atoms with Crippen LogP contribution in [0.15, 0.2) is 12.1 Å². The molecule has 0 atom stereocenters. The summed E-state index contributed by atoms with van der Waals surface area (Å²) >= 11 is 0. The molecule has 6 heteroatoms. The number of hydrogen-bond acceptors (Lipinski definition) is 3. The fourth-order valence-corrected chi connectivity index (χ4v) is 1.15. The van der Waals surface area contributed by atoms with Crippen molar-refractivity contribution in [1.29, 1.82) is 0 Å².